The van der Waals surface area contributed by atoms with Crippen molar-refractivity contribution < 1.29 is 9.47 Å². The number of rotatable bonds is 8. The Morgan fingerprint density at radius 2 is 0.746 bits per heavy atom. The molecule has 5 heteroatoms. The minimum absolute atomic E-state index is 0.715. The van der Waals surface area contributed by atoms with Gasteiger partial charge in [-0.15, -0.1) is 11.3 Å². The minimum atomic E-state index is 0.715. The molecule has 298 valence electrons. The summed E-state index contributed by atoms with van der Waals surface area (Å²) in [7, 11) is 0. The third-order valence-electron chi connectivity index (χ3n) is 11.9. The Morgan fingerprint density at radius 1 is 0.333 bits per heavy atom. The second kappa shape index (κ2) is 15.4. The van der Waals surface area contributed by atoms with E-state index < -0.39 is 0 Å². The molecule has 0 amide bonds. The normalized spacial score (nSPS) is 11.7. The van der Waals surface area contributed by atoms with Gasteiger partial charge in [0.25, 0.3) is 0 Å². The summed E-state index contributed by atoms with van der Waals surface area (Å²) in [5.41, 5.74) is 13.6. The first-order valence-corrected chi connectivity index (χ1v) is 22.0. The summed E-state index contributed by atoms with van der Waals surface area (Å²) in [6, 6.07) is 81.5. The lowest BCUT2D eigenvalue weighted by Crippen LogP contribution is -2.09. The van der Waals surface area contributed by atoms with Crippen molar-refractivity contribution in [3.8, 4) is 71.8 Å². The van der Waals surface area contributed by atoms with E-state index in [-0.39, 0.29) is 0 Å². The maximum atomic E-state index is 6.62. The molecule has 3 heterocycles. The number of fused-ring (bicyclic) bond motifs is 5. The van der Waals surface area contributed by atoms with Crippen LogP contribution in [0.1, 0.15) is 0 Å². The summed E-state index contributed by atoms with van der Waals surface area (Å²) in [4.78, 5) is 4.39. The van der Waals surface area contributed by atoms with E-state index >= 15 is 0 Å². The van der Waals surface area contributed by atoms with Crippen LogP contribution in [-0.4, -0.2) is 4.57 Å². The first-order valence-electron chi connectivity index (χ1n) is 21.2. The summed E-state index contributed by atoms with van der Waals surface area (Å²) < 4.78 is 15.5. The molecule has 12 rings (SSSR count). The van der Waals surface area contributed by atoms with Crippen molar-refractivity contribution in [3.05, 3.63) is 231 Å². The van der Waals surface area contributed by atoms with Gasteiger partial charge >= 0.3 is 0 Å². The van der Waals surface area contributed by atoms with E-state index in [4.69, 9.17) is 9.47 Å². The molecule has 0 aliphatic carbocycles. The Morgan fingerprint density at radius 3 is 1.33 bits per heavy atom. The van der Waals surface area contributed by atoms with E-state index in [2.05, 4.69) is 210 Å². The van der Waals surface area contributed by atoms with E-state index in [1.165, 1.54) is 38.5 Å². The van der Waals surface area contributed by atoms with Crippen LogP contribution in [0.3, 0.4) is 0 Å². The van der Waals surface area contributed by atoms with Crippen LogP contribution in [0.15, 0.2) is 231 Å². The fourth-order valence-electron chi connectivity index (χ4n) is 8.85. The number of nitrogens with zero attached hydrogens (tertiary/aromatic N) is 2. The Labute approximate surface area is 369 Å². The zero-order valence-corrected chi connectivity index (χ0v) is 34.9. The lowest BCUT2D eigenvalue weighted by Gasteiger charge is -2.26. The van der Waals surface area contributed by atoms with Crippen LogP contribution in [0.2, 0.25) is 0 Å². The van der Waals surface area contributed by atoms with Gasteiger partial charge in [0.1, 0.15) is 0 Å². The molecule has 0 spiro atoms. The van der Waals surface area contributed by atoms with Crippen molar-refractivity contribution in [2.24, 2.45) is 0 Å². The summed E-state index contributed by atoms with van der Waals surface area (Å²) in [6.45, 7) is 0. The smallest absolute Gasteiger partial charge is 0.189 e. The van der Waals surface area contributed by atoms with Crippen molar-refractivity contribution in [1.29, 1.82) is 0 Å². The number of para-hydroxylation sites is 4. The monoisotopic (exact) mass is 826 g/mol. The minimum Gasteiger partial charge on any atom is -0.448 e. The highest BCUT2D eigenvalue weighted by atomic mass is 32.1. The highest BCUT2D eigenvalue weighted by Crippen LogP contribution is 2.59. The van der Waals surface area contributed by atoms with Gasteiger partial charge < -0.3 is 18.9 Å². The number of anilines is 3. The maximum Gasteiger partial charge on any atom is 0.189 e. The molecule has 0 bridgehead atoms. The molecule has 11 aromatic rings. The largest absolute Gasteiger partial charge is 0.448 e. The van der Waals surface area contributed by atoms with Gasteiger partial charge in [-0.3, -0.25) is 0 Å². The van der Waals surface area contributed by atoms with Gasteiger partial charge in [-0.1, -0.05) is 152 Å². The van der Waals surface area contributed by atoms with Crippen LogP contribution in [-0.2, 0) is 0 Å². The van der Waals surface area contributed by atoms with Crippen molar-refractivity contribution in [2.75, 3.05) is 4.90 Å². The molecular weight excluding hydrogens is 789 g/mol. The molecular formula is C58H38N2O2S. The predicted octanol–water partition coefficient (Wildman–Crippen LogP) is 16.9. The first kappa shape index (κ1) is 36.7. The fourth-order valence-corrected chi connectivity index (χ4v) is 10.0. The van der Waals surface area contributed by atoms with Crippen molar-refractivity contribution in [1.82, 2.24) is 4.57 Å². The molecule has 0 atom stereocenters. The molecule has 0 unspecified atom stereocenters. The Bertz CT molecular complexity index is 3410. The molecule has 4 nitrogen and oxygen atoms in total. The second-order valence-corrected chi connectivity index (χ2v) is 16.7. The molecule has 0 radical (unpaired) electrons. The van der Waals surface area contributed by atoms with Gasteiger partial charge in [-0.05, 0) is 112 Å². The highest BCUT2D eigenvalue weighted by molar-refractivity contribution is 7.19. The number of hydrogen-bond donors (Lipinski definition) is 0. The zero-order chi connectivity index (χ0) is 41.7. The van der Waals surface area contributed by atoms with Gasteiger partial charge in [0.2, 0.25) is 0 Å². The Kier molecular flexibility index (Phi) is 8.98. The third kappa shape index (κ3) is 6.54. The van der Waals surface area contributed by atoms with E-state index in [1.807, 2.05) is 30.3 Å². The summed E-state index contributed by atoms with van der Waals surface area (Å²) in [6.07, 6.45) is 0. The van der Waals surface area contributed by atoms with E-state index in [1.54, 1.807) is 11.3 Å². The third-order valence-corrected chi connectivity index (χ3v) is 13.1. The van der Waals surface area contributed by atoms with Gasteiger partial charge in [0.05, 0.1) is 20.8 Å². The zero-order valence-electron chi connectivity index (χ0n) is 34.1. The van der Waals surface area contributed by atoms with Crippen LogP contribution in [0, 0.1) is 0 Å². The number of aromatic nitrogens is 1. The maximum absolute atomic E-state index is 6.62. The molecule has 2 aromatic heterocycles. The fraction of sp³-hybridized carbons (Fsp3) is 0. The number of ether oxygens (including phenoxy) is 2. The van der Waals surface area contributed by atoms with E-state index in [0.717, 1.165) is 66.4 Å². The second-order valence-electron chi connectivity index (χ2n) is 15.7. The van der Waals surface area contributed by atoms with Crippen LogP contribution < -0.4 is 14.4 Å². The van der Waals surface area contributed by atoms with Gasteiger partial charge in [-0.2, -0.15) is 0 Å². The number of thiophene rings is 1. The molecule has 1 aliphatic heterocycles. The average Bonchev–Trinajstić information content (AvgIpc) is 3.90. The molecule has 0 fully saturated rings. The summed E-state index contributed by atoms with van der Waals surface area (Å²) >= 11 is 1.69. The number of benzene rings is 9. The molecule has 9 aromatic carbocycles. The quantitative estimate of drug-likeness (QED) is 0.153. The van der Waals surface area contributed by atoms with Crippen molar-refractivity contribution in [3.63, 3.8) is 0 Å². The van der Waals surface area contributed by atoms with E-state index in [0.29, 0.717) is 5.75 Å². The lowest BCUT2D eigenvalue weighted by atomic mass is 10.0. The Hall–Kier alpha value is -8.12. The summed E-state index contributed by atoms with van der Waals surface area (Å²) in [5, 5.41) is 2.48. The van der Waals surface area contributed by atoms with Crippen LogP contribution in [0.4, 0.5) is 17.1 Å². The predicted molar refractivity (Wildman–Crippen MR) is 262 cm³/mol. The molecule has 1 aliphatic rings. The van der Waals surface area contributed by atoms with Gasteiger partial charge in [0.15, 0.2) is 23.0 Å². The van der Waals surface area contributed by atoms with Crippen molar-refractivity contribution >= 4 is 50.2 Å². The summed E-state index contributed by atoms with van der Waals surface area (Å²) in [5.74, 6) is 2.94. The van der Waals surface area contributed by atoms with Crippen LogP contribution in [0.25, 0.3) is 70.6 Å². The molecule has 63 heavy (non-hydrogen) atoms. The molecule has 0 saturated heterocycles. The van der Waals surface area contributed by atoms with E-state index in [9.17, 15) is 0 Å². The number of hydrogen-bond acceptors (Lipinski definition) is 4. The van der Waals surface area contributed by atoms with Gasteiger partial charge in [-0.25, -0.2) is 0 Å². The van der Waals surface area contributed by atoms with Crippen molar-refractivity contribution in [2.45, 2.75) is 0 Å². The first-order chi connectivity index (χ1) is 31.2. The average molecular weight is 827 g/mol. The lowest BCUT2D eigenvalue weighted by molar-refractivity contribution is 0.364. The van der Waals surface area contributed by atoms with Crippen LogP contribution in [0.5, 0.6) is 23.0 Å². The topological polar surface area (TPSA) is 26.6 Å². The Balaban J connectivity index is 0.927. The van der Waals surface area contributed by atoms with Crippen LogP contribution >= 0.6 is 11.3 Å². The SMILES string of the molecule is c1ccc(-c2ccc(N(c3ccc(-c4ccc5c(c4)c4ccccc4n5-c4ccccc4)cc3)c3ccc(-c4sc(-c5ccccc5)c5c4Oc4ccccc4O5)cc3)cc2)cc1. The standard InChI is InChI=1S/C58H38N2O2S/c1-4-14-39(15-5-1)40-24-31-46(32-25-40)59(47-33-26-41(27-34-47)44-30-37-52-50(38-44)49-20-10-11-21-51(49)60(52)45-18-8-3-9-19-45)48-35-28-43(29-36-48)58-56-55(57(63-58)42-16-6-2-7-17-42)61-53-22-12-13-23-54(53)62-56/h1-38H. The molecule has 0 saturated carbocycles. The highest BCUT2D eigenvalue weighted by Gasteiger charge is 2.29. The molecule has 0 N–H and O–H groups in total. The van der Waals surface area contributed by atoms with Gasteiger partial charge in [0, 0.05) is 33.5 Å².